The SMILES string of the molecule is N=C(N)c1ccc(-n2ncn([C@H]3CC[C@H](CCC(=O)O)CC3)c2=O)cc1. The van der Waals surface area contributed by atoms with Crippen LogP contribution >= 0.6 is 0 Å². The van der Waals surface area contributed by atoms with E-state index in [1.165, 1.54) is 4.68 Å². The number of carboxylic acids is 1. The van der Waals surface area contributed by atoms with Crippen molar-refractivity contribution >= 4 is 11.8 Å². The number of amidine groups is 1. The van der Waals surface area contributed by atoms with E-state index in [1.807, 2.05) is 0 Å². The molecule has 1 aromatic carbocycles. The van der Waals surface area contributed by atoms with E-state index in [0.29, 0.717) is 23.6 Å². The lowest BCUT2D eigenvalue weighted by Crippen LogP contribution is -2.29. The molecule has 1 heterocycles. The molecule has 3 rings (SSSR count). The molecule has 26 heavy (non-hydrogen) atoms. The normalized spacial score (nSPS) is 20.0. The van der Waals surface area contributed by atoms with Crippen molar-refractivity contribution in [2.24, 2.45) is 11.7 Å². The standard InChI is InChI=1S/C18H23N5O3/c19-17(20)13-4-8-15(9-5-13)23-18(26)22(11-21-23)14-6-1-12(2-7-14)3-10-16(24)25/h4-5,8-9,11-12,14H,1-3,6-7,10H2,(H3,19,20)(H,24,25)/t12-,14-. The van der Waals surface area contributed by atoms with Crippen LogP contribution in [0.5, 0.6) is 0 Å². The van der Waals surface area contributed by atoms with E-state index >= 15 is 0 Å². The lowest BCUT2D eigenvalue weighted by molar-refractivity contribution is -0.137. The smallest absolute Gasteiger partial charge is 0.350 e. The number of hydrogen-bond acceptors (Lipinski definition) is 4. The molecule has 0 atom stereocenters. The molecule has 0 amide bonds. The Morgan fingerprint density at radius 3 is 2.46 bits per heavy atom. The third-order valence-corrected chi connectivity index (χ3v) is 5.09. The zero-order chi connectivity index (χ0) is 18.7. The van der Waals surface area contributed by atoms with Gasteiger partial charge < -0.3 is 10.8 Å². The number of carboxylic acid groups (broad SMARTS) is 1. The molecule has 0 unspecified atom stereocenters. The molecular formula is C18H23N5O3. The van der Waals surface area contributed by atoms with E-state index in [1.54, 1.807) is 35.2 Å². The number of benzene rings is 1. The molecule has 1 aliphatic rings. The molecule has 1 aliphatic carbocycles. The van der Waals surface area contributed by atoms with Gasteiger partial charge in [0.1, 0.15) is 12.2 Å². The maximum atomic E-state index is 12.7. The fraction of sp³-hybridized carbons (Fsp3) is 0.444. The van der Waals surface area contributed by atoms with Gasteiger partial charge in [-0.2, -0.15) is 9.78 Å². The van der Waals surface area contributed by atoms with E-state index in [0.717, 1.165) is 25.7 Å². The zero-order valence-electron chi connectivity index (χ0n) is 14.5. The van der Waals surface area contributed by atoms with Crippen molar-refractivity contribution in [2.45, 2.75) is 44.6 Å². The Bertz CT molecular complexity index is 844. The van der Waals surface area contributed by atoms with Gasteiger partial charge in [0.15, 0.2) is 0 Å². The Hall–Kier alpha value is -2.90. The van der Waals surface area contributed by atoms with Crippen molar-refractivity contribution in [1.82, 2.24) is 14.3 Å². The second kappa shape index (κ2) is 7.55. The van der Waals surface area contributed by atoms with Crippen LogP contribution in [-0.4, -0.2) is 31.3 Å². The number of carbonyl (C=O) groups is 1. The van der Waals surface area contributed by atoms with Gasteiger partial charge in [0.25, 0.3) is 0 Å². The van der Waals surface area contributed by atoms with Crippen molar-refractivity contribution in [3.8, 4) is 5.69 Å². The van der Waals surface area contributed by atoms with E-state index in [-0.39, 0.29) is 24.0 Å². The average Bonchev–Trinajstić information content (AvgIpc) is 3.02. The fourth-order valence-electron chi connectivity index (χ4n) is 3.56. The van der Waals surface area contributed by atoms with Crippen LogP contribution in [0.1, 0.15) is 50.1 Å². The third kappa shape index (κ3) is 3.84. The number of nitrogen functional groups attached to an aromatic ring is 1. The van der Waals surface area contributed by atoms with Crippen LogP contribution in [0.4, 0.5) is 0 Å². The number of hydrogen-bond donors (Lipinski definition) is 3. The maximum absolute atomic E-state index is 12.7. The molecular weight excluding hydrogens is 334 g/mol. The summed E-state index contributed by atoms with van der Waals surface area (Å²) in [5.41, 5.74) is 6.49. The van der Waals surface area contributed by atoms with Crippen molar-refractivity contribution in [3.63, 3.8) is 0 Å². The summed E-state index contributed by atoms with van der Waals surface area (Å²) in [6.45, 7) is 0. The molecule has 8 heteroatoms. The third-order valence-electron chi connectivity index (χ3n) is 5.09. The highest BCUT2D eigenvalue weighted by Gasteiger charge is 2.24. The van der Waals surface area contributed by atoms with Gasteiger partial charge in [0.2, 0.25) is 0 Å². The van der Waals surface area contributed by atoms with Crippen molar-refractivity contribution < 1.29 is 9.90 Å². The molecule has 0 bridgehead atoms. The lowest BCUT2D eigenvalue weighted by atomic mass is 9.83. The first-order valence-electron chi connectivity index (χ1n) is 8.78. The molecule has 1 saturated carbocycles. The van der Waals surface area contributed by atoms with Gasteiger partial charge in [-0.15, -0.1) is 0 Å². The first-order valence-corrected chi connectivity index (χ1v) is 8.78. The number of nitrogens with one attached hydrogen (secondary N) is 1. The summed E-state index contributed by atoms with van der Waals surface area (Å²) in [7, 11) is 0. The maximum Gasteiger partial charge on any atom is 0.350 e. The summed E-state index contributed by atoms with van der Waals surface area (Å²) in [6.07, 6.45) is 6.08. The van der Waals surface area contributed by atoms with Gasteiger partial charge in [-0.1, -0.05) is 0 Å². The highest BCUT2D eigenvalue weighted by atomic mass is 16.4. The number of rotatable bonds is 6. The first-order chi connectivity index (χ1) is 12.5. The number of aromatic nitrogens is 3. The molecule has 0 radical (unpaired) electrons. The predicted octanol–water partition coefficient (Wildman–Crippen LogP) is 1.91. The summed E-state index contributed by atoms with van der Waals surface area (Å²) in [6, 6.07) is 6.93. The van der Waals surface area contributed by atoms with E-state index in [4.69, 9.17) is 16.2 Å². The van der Waals surface area contributed by atoms with Crippen LogP contribution in [0.15, 0.2) is 35.4 Å². The van der Waals surface area contributed by atoms with Crippen LogP contribution < -0.4 is 11.4 Å². The Labute approximate surface area is 150 Å². The monoisotopic (exact) mass is 357 g/mol. The fourth-order valence-corrected chi connectivity index (χ4v) is 3.56. The molecule has 8 nitrogen and oxygen atoms in total. The van der Waals surface area contributed by atoms with Gasteiger partial charge in [-0.25, -0.2) is 4.79 Å². The molecule has 1 aromatic heterocycles. The van der Waals surface area contributed by atoms with Gasteiger partial charge in [0.05, 0.1) is 5.69 Å². The largest absolute Gasteiger partial charge is 0.481 e. The summed E-state index contributed by atoms with van der Waals surface area (Å²) < 4.78 is 3.02. The lowest BCUT2D eigenvalue weighted by Gasteiger charge is -2.28. The van der Waals surface area contributed by atoms with Crippen LogP contribution in [-0.2, 0) is 4.79 Å². The summed E-state index contributed by atoms with van der Waals surface area (Å²) in [5.74, 6) is -0.346. The van der Waals surface area contributed by atoms with Crippen LogP contribution in [0.3, 0.4) is 0 Å². The first kappa shape index (κ1) is 17.9. The molecule has 1 fully saturated rings. The Kier molecular flexibility index (Phi) is 5.20. The molecule has 138 valence electrons. The highest BCUT2D eigenvalue weighted by molar-refractivity contribution is 5.95. The highest BCUT2D eigenvalue weighted by Crippen LogP contribution is 2.33. The molecule has 2 aromatic rings. The van der Waals surface area contributed by atoms with Crippen LogP contribution in [0.2, 0.25) is 0 Å². The Morgan fingerprint density at radius 2 is 1.88 bits per heavy atom. The molecule has 0 spiro atoms. The van der Waals surface area contributed by atoms with Crippen molar-refractivity contribution in [2.75, 3.05) is 0 Å². The van der Waals surface area contributed by atoms with Gasteiger partial charge in [-0.05, 0) is 62.3 Å². The summed E-state index contributed by atoms with van der Waals surface area (Å²) in [5, 5.41) is 20.4. The van der Waals surface area contributed by atoms with Gasteiger partial charge in [-0.3, -0.25) is 14.8 Å². The average molecular weight is 357 g/mol. The zero-order valence-corrected chi connectivity index (χ0v) is 14.5. The van der Waals surface area contributed by atoms with E-state index in [9.17, 15) is 9.59 Å². The minimum atomic E-state index is -0.750. The number of nitrogens with zero attached hydrogens (tertiary/aromatic N) is 3. The molecule has 0 saturated heterocycles. The topological polar surface area (TPSA) is 127 Å². The van der Waals surface area contributed by atoms with E-state index < -0.39 is 5.97 Å². The van der Waals surface area contributed by atoms with Crippen LogP contribution in [0.25, 0.3) is 5.69 Å². The summed E-state index contributed by atoms with van der Waals surface area (Å²) >= 11 is 0. The molecule has 0 aliphatic heterocycles. The van der Waals surface area contributed by atoms with Crippen molar-refractivity contribution in [1.29, 1.82) is 5.41 Å². The van der Waals surface area contributed by atoms with Gasteiger partial charge in [0, 0.05) is 18.0 Å². The minimum Gasteiger partial charge on any atom is -0.481 e. The van der Waals surface area contributed by atoms with E-state index in [2.05, 4.69) is 5.10 Å². The predicted molar refractivity (Wildman–Crippen MR) is 96.7 cm³/mol. The summed E-state index contributed by atoms with van der Waals surface area (Å²) in [4.78, 5) is 23.4. The second-order valence-corrected chi connectivity index (χ2v) is 6.80. The molecule has 4 N–H and O–H groups in total. The van der Waals surface area contributed by atoms with Gasteiger partial charge >= 0.3 is 11.7 Å². The number of aliphatic carboxylic acids is 1. The quantitative estimate of drug-likeness (QED) is 0.537. The van der Waals surface area contributed by atoms with Crippen molar-refractivity contribution in [3.05, 3.63) is 46.6 Å². The Balaban J connectivity index is 1.69. The van der Waals surface area contributed by atoms with Crippen LogP contribution in [0, 0.1) is 11.3 Å². The number of nitrogens with two attached hydrogens (primary N) is 1. The minimum absolute atomic E-state index is 0.0194. The Morgan fingerprint density at radius 1 is 1.23 bits per heavy atom. The second-order valence-electron chi connectivity index (χ2n) is 6.80.